The highest BCUT2D eigenvalue weighted by molar-refractivity contribution is 7.90. The SMILES string of the molecule is O=S(=O)(NC(CO)Cc1c[nH]c2ccccc12)c1[nH]nc2ncccc12.O=S(=O)(NC1C2C=CC(C2)C1CO)c1[nH]nc2ncccc12. The molecule has 0 radical (unpaired) electrons. The number of sulfonamides is 2. The van der Waals surface area contributed by atoms with Gasteiger partial charge in [0, 0.05) is 54.1 Å². The smallest absolute Gasteiger partial charge is 0.258 e. The number of aliphatic hydroxyl groups is 2. The van der Waals surface area contributed by atoms with Gasteiger partial charge in [-0.05, 0) is 60.6 Å². The summed E-state index contributed by atoms with van der Waals surface area (Å²) in [4.78, 5) is 11.2. The number of rotatable bonds is 10. The molecule has 5 atom stereocenters. The molecule has 1 aromatic carbocycles. The first kappa shape index (κ1) is 32.0. The third-order valence-corrected chi connectivity index (χ3v) is 11.9. The maximum atomic E-state index is 12.7. The van der Waals surface area contributed by atoms with E-state index in [9.17, 15) is 27.0 Å². The number of aromatic amines is 3. The summed E-state index contributed by atoms with van der Waals surface area (Å²) in [6.07, 6.45) is 10.3. The van der Waals surface area contributed by atoms with Crippen LogP contribution >= 0.6 is 0 Å². The number of para-hydroxylation sites is 1. The summed E-state index contributed by atoms with van der Waals surface area (Å²) in [6.45, 7) is -0.354. The first-order valence-corrected chi connectivity index (χ1v) is 18.2. The van der Waals surface area contributed by atoms with Gasteiger partial charge in [-0.2, -0.15) is 10.2 Å². The van der Waals surface area contributed by atoms with Crippen molar-refractivity contribution in [1.82, 2.24) is 44.8 Å². The molecule has 8 rings (SSSR count). The quantitative estimate of drug-likeness (QED) is 0.103. The number of allylic oxidation sites excluding steroid dienone is 1. The van der Waals surface area contributed by atoms with Crippen molar-refractivity contribution in [2.24, 2.45) is 17.8 Å². The summed E-state index contributed by atoms with van der Waals surface area (Å²) < 4.78 is 56.1. The van der Waals surface area contributed by atoms with Crippen molar-refractivity contribution in [3.05, 3.63) is 84.8 Å². The van der Waals surface area contributed by atoms with E-state index in [1.54, 1.807) is 36.7 Å². The summed E-state index contributed by atoms with van der Waals surface area (Å²) >= 11 is 0. The Morgan fingerprint density at radius 1 is 0.812 bits per heavy atom. The lowest BCUT2D eigenvalue weighted by Crippen LogP contribution is -2.44. The van der Waals surface area contributed by atoms with Gasteiger partial charge in [0.05, 0.1) is 17.4 Å². The van der Waals surface area contributed by atoms with Crippen LogP contribution in [0.5, 0.6) is 0 Å². The van der Waals surface area contributed by atoms with Crippen molar-refractivity contribution in [2.75, 3.05) is 13.2 Å². The van der Waals surface area contributed by atoms with E-state index in [0.29, 0.717) is 28.5 Å². The minimum absolute atomic E-state index is 0.0238. The largest absolute Gasteiger partial charge is 0.396 e. The number of H-pyrrole nitrogens is 3. The lowest BCUT2D eigenvalue weighted by atomic mass is 9.90. The van der Waals surface area contributed by atoms with Gasteiger partial charge in [0.15, 0.2) is 21.3 Å². The number of aromatic nitrogens is 7. The van der Waals surface area contributed by atoms with Gasteiger partial charge >= 0.3 is 0 Å². The maximum Gasteiger partial charge on any atom is 0.258 e. The van der Waals surface area contributed by atoms with Gasteiger partial charge in [0.2, 0.25) is 0 Å². The highest BCUT2D eigenvalue weighted by Crippen LogP contribution is 2.44. The van der Waals surface area contributed by atoms with E-state index in [1.807, 2.05) is 36.5 Å². The van der Waals surface area contributed by atoms with Crippen molar-refractivity contribution in [3.8, 4) is 0 Å². The zero-order valence-corrected chi connectivity index (χ0v) is 27.0. The predicted octanol–water partition coefficient (Wildman–Crippen LogP) is 1.74. The summed E-state index contributed by atoms with van der Waals surface area (Å²) in [5.74, 6) is 0.323. The molecule has 0 aliphatic heterocycles. The normalized spacial score (nSPS) is 21.2. The Labute approximate surface area is 275 Å². The second-order valence-corrected chi connectivity index (χ2v) is 15.2. The second-order valence-electron chi connectivity index (χ2n) is 11.9. The van der Waals surface area contributed by atoms with E-state index in [-0.39, 0.29) is 47.1 Å². The lowest BCUT2D eigenvalue weighted by Gasteiger charge is -2.26. The fourth-order valence-corrected chi connectivity index (χ4v) is 9.41. The molecule has 5 aromatic heterocycles. The number of hydrogen-bond acceptors (Lipinski definition) is 10. The van der Waals surface area contributed by atoms with Crippen LogP contribution in [0.15, 0.2) is 89.3 Å². The van der Waals surface area contributed by atoms with Gasteiger partial charge in [-0.25, -0.2) is 36.2 Å². The van der Waals surface area contributed by atoms with Crippen LogP contribution in [0.25, 0.3) is 33.0 Å². The van der Waals surface area contributed by atoms with Crippen molar-refractivity contribution < 1.29 is 27.0 Å². The van der Waals surface area contributed by atoms with E-state index in [2.05, 4.69) is 50.9 Å². The van der Waals surface area contributed by atoms with Crippen LogP contribution < -0.4 is 9.44 Å². The van der Waals surface area contributed by atoms with Gasteiger partial charge < -0.3 is 15.2 Å². The van der Waals surface area contributed by atoms with Crippen LogP contribution in [-0.4, -0.2) is 87.7 Å². The molecule has 2 aliphatic rings. The van der Waals surface area contributed by atoms with E-state index in [4.69, 9.17) is 0 Å². The molecule has 2 bridgehead atoms. The van der Waals surface area contributed by atoms with Gasteiger partial charge in [-0.3, -0.25) is 10.2 Å². The molecule has 6 aromatic rings. The topological polar surface area (TPSA) is 232 Å². The van der Waals surface area contributed by atoms with E-state index >= 15 is 0 Å². The predicted molar refractivity (Wildman–Crippen MR) is 176 cm³/mol. The van der Waals surface area contributed by atoms with Crippen LogP contribution in [0, 0.1) is 17.8 Å². The average molecular weight is 692 g/mol. The Bertz CT molecular complexity index is 2330. The van der Waals surface area contributed by atoms with Crippen molar-refractivity contribution in [2.45, 2.75) is 35.0 Å². The molecule has 0 saturated heterocycles. The maximum absolute atomic E-state index is 12.7. The standard InChI is InChI=1S/C17H17N5O3S.C14H16N4O3S/c23-10-12(8-11-9-19-15-6-2-1-4-13(11)15)22-26(24,25)17-14-5-3-7-18-16(14)20-21-17;19-7-11-8-3-4-9(6-8)12(11)18-22(20,21)14-10-2-1-5-15-13(10)16-17-14/h1-7,9,12,19,22-23H,8,10H2,(H,18,20,21);1-5,8-9,11-12,18-19H,6-7H2,(H,15,16,17). The van der Waals surface area contributed by atoms with Crippen molar-refractivity contribution in [1.29, 1.82) is 0 Å². The Hall–Kier alpha value is -4.52. The number of aliphatic hydroxyl groups excluding tert-OH is 2. The minimum atomic E-state index is -3.89. The number of nitrogens with zero attached hydrogens (tertiary/aromatic N) is 4. The zero-order valence-electron chi connectivity index (χ0n) is 25.4. The average Bonchev–Trinajstić information content (AvgIpc) is 3.93. The molecule has 250 valence electrons. The first-order valence-electron chi connectivity index (χ1n) is 15.3. The van der Waals surface area contributed by atoms with Crippen LogP contribution in [-0.2, 0) is 26.5 Å². The summed E-state index contributed by atoms with van der Waals surface area (Å²) in [5, 5.41) is 34.0. The fourth-order valence-electron chi connectivity index (χ4n) is 6.64. The molecule has 1 saturated carbocycles. The van der Waals surface area contributed by atoms with E-state index in [0.717, 1.165) is 22.9 Å². The van der Waals surface area contributed by atoms with Gasteiger partial charge in [0.1, 0.15) is 0 Å². The number of nitrogens with one attached hydrogen (secondary N) is 5. The van der Waals surface area contributed by atoms with E-state index in [1.165, 1.54) is 0 Å². The Balaban J connectivity index is 0.000000154. The molecule has 0 spiro atoms. The lowest BCUT2D eigenvalue weighted by molar-refractivity contribution is 0.187. The molecule has 48 heavy (non-hydrogen) atoms. The molecule has 7 N–H and O–H groups in total. The number of benzene rings is 1. The molecule has 17 heteroatoms. The number of fused-ring (bicyclic) bond motifs is 5. The number of hydrogen-bond donors (Lipinski definition) is 7. The Morgan fingerprint density at radius 3 is 2.10 bits per heavy atom. The summed E-state index contributed by atoms with van der Waals surface area (Å²) in [5.41, 5.74) is 2.59. The summed E-state index contributed by atoms with van der Waals surface area (Å²) in [7, 11) is -7.64. The van der Waals surface area contributed by atoms with Crippen molar-refractivity contribution >= 4 is 53.0 Å². The molecule has 5 unspecified atom stereocenters. The molecule has 1 fully saturated rings. The third-order valence-electron chi connectivity index (χ3n) is 8.93. The van der Waals surface area contributed by atoms with Crippen LogP contribution in [0.4, 0.5) is 0 Å². The molecule has 2 aliphatic carbocycles. The zero-order chi connectivity index (χ0) is 33.5. The molecular formula is C31H33N9O6S2. The van der Waals surface area contributed by atoms with Crippen molar-refractivity contribution in [3.63, 3.8) is 0 Å². The third kappa shape index (κ3) is 5.99. The first-order chi connectivity index (χ1) is 23.2. The highest BCUT2D eigenvalue weighted by atomic mass is 32.2. The van der Waals surface area contributed by atoms with Gasteiger partial charge in [-0.15, -0.1) is 0 Å². The van der Waals surface area contributed by atoms with E-state index < -0.39 is 26.1 Å². The molecule has 5 heterocycles. The molecule has 0 amide bonds. The minimum Gasteiger partial charge on any atom is -0.396 e. The van der Waals surface area contributed by atoms with Crippen LogP contribution in [0.3, 0.4) is 0 Å². The Kier molecular flexibility index (Phi) is 8.57. The fraction of sp³-hybridized carbons (Fsp3) is 0.290. The number of pyridine rings is 2. The van der Waals surface area contributed by atoms with Gasteiger partial charge in [-0.1, -0.05) is 30.4 Å². The molecule has 15 nitrogen and oxygen atoms in total. The Morgan fingerprint density at radius 2 is 1.44 bits per heavy atom. The van der Waals surface area contributed by atoms with Crippen LogP contribution in [0.1, 0.15) is 12.0 Å². The molecular weight excluding hydrogens is 659 g/mol. The highest BCUT2D eigenvalue weighted by Gasteiger charge is 2.46. The van der Waals surface area contributed by atoms with Crippen LogP contribution in [0.2, 0.25) is 0 Å². The summed E-state index contributed by atoms with van der Waals surface area (Å²) in [6, 6.07) is 13.4. The monoisotopic (exact) mass is 691 g/mol. The second kappa shape index (κ2) is 12.8. The van der Waals surface area contributed by atoms with Gasteiger partial charge in [0.25, 0.3) is 20.0 Å².